The molecule has 0 aromatic heterocycles. The molecule has 1 aromatic rings. The fraction of sp³-hybridized carbons (Fsp3) is 0.600. The fourth-order valence-corrected chi connectivity index (χ4v) is 3.82. The van der Waals surface area contributed by atoms with Crippen LogP contribution in [0.4, 0.5) is 5.69 Å². The Bertz CT molecular complexity index is 574. The largest absolute Gasteiger partial charge is 0.353 e. The van der Waals surface area contributed by atoms with Crippen molar-refractivity contribution < 1.29 is 9.59 Å². The van der Waals surface area contributed by atoms with Crippen molar-refractivity contribution in [1.29, 1.82) is 0 Å². The minimum atomic E-state index is -0.515. The van der Waals surface area contributed by atoms with Gasteiger partial charge in [0.1, 0.15) is 5.92 Å². The van der Waals surface area contributed by atoms with Crippen LogP contribution >= 0.6 is 0 Å². The summed E-state index contributed by atoms with van der Waals surface area (Å²) in [6.45, 7) is 2.75. The molecule has 4 heteroatoms. The lowest BCUT2D eigenvalue weighted by Gasteiger charge is -2.20. The third-order valence-corrected chi connectivity index (χ3v) is 5.38. The minimum Gasteiger partial charge on any atom is -0.353 e. The van der Waals surface area contributed by atoms with Gasteiger partial charge in [0.05, 0.1) is 0 Å². The number of hydrogen-bond acceptors (Lipinski definition) is 2. The molecule has 1 unspecified atom stereocenters. The van der Waals surface area contributed by atoms with E-state index in [0.29, 0.717) is 13.0 Å². The van der Waals surface area contributed by atoms with Crippen molar-refractivity contribution in [3.8, 4) is 0 Å². The molecular weight excluding hydrogens is 300 g/mol. The lowest BCUT2D eigenvalue weighted by molar-refractivity contribution is -0.132. The van der Waals surface area contributed by atoms with Gasteiger partial charge >= 0.3 is 0 Å². The van der Waals surface area contributed by atoms with Gasteiger partial charge in [0, 0.05) is 18.3 Å². The number of amides is 2. The highest BCUT2D eigenvalue weighted by Crippen LogP contribution is 2.26. The number of anilines is 1. The van der Waals surface area contributed by atoms with Crippen LogP contribution in [0.25, 0.3) is 0 Å². The predicted octanol–water partition coefficient (Wildman–Crippen LogP) is 3.44. The van der Waals surface area contributed by atoms with E-state index in [4.69, 9.17) is 0 Å². The van der Waals surface area contributed by atoms with E-state index < -0.39 is 5.92 Å². The molecule has 0 bridgehead atoms. The summed E-state index contributed by atoms with van der Waals surface area (Å²) in [4.78, 5) is 27.0. The Morgan fingerprint density at radius 3 is 2.38 bits per heavy atom. The Balaban J connectivity index is 1.61. The number of rotatable bonds is 4. The minimum absolute atomic E-state index is 0.0506. The van der Waals surface area contributed by atoms with Gasteiger partial charge in [-0.1, -0.05) is 44.7 Å². The van der Waals surface area contributed by atoms with E-state index in [9.17, 15) is 9.59 Å². The van der Waals surface area contributed by atoms with E-state index >= 15 is 0 Å². The van der Waals surface area contributed by atoms with E-state index in [0.717, 1.165) is 24.9 Å². The summed E-state index contributed by atoms with van der Waals surface area (Å²) < 4.78 is 0. The summed E-state index contributed by atoms with van der Waals surface area (Å²) >= 11 is 0. The molecule has 2 aliphatic rings. The van der Waals surface area contributed by atoms with E-state index in [1.165, 1.54) is 31.2 Å². The summed E-state index contributed by atoms with van der Waals surface area (Å²) in [6, 6.07) is 8.35. The fourth-order valence-electron chi connectivity index (χ4n) is 3.82. The molecule has 1 saturated heterocycles. The number of nitrogens with zero attached hydrogens (tertiary/aromatic N) is 1. The monoisotopic (exact) mass is 328 g/mol. The van der Waals surface area contributed by atoms with Crippen molar-refractivity contribution >= 4 is 17.5 Å². The Kier molecular flexibility index (Phi) is 5.54. The molecule has 0 radical (unpaired) electrons. The lowest BCUT2D eigenvalue weighted by Crippen LogP contribution is -2.41. The zero-order chi connectivity index (χ0) is 16.9. The highest BCUT2D eigenvalue weighted by Gasteiger charge is 2.38. The standard InChI is InChI=1S/C20H28N2O2/c1-2-15-9-11-17(12-10-15)22-14-13-18(20(22)24)19(23)21-16-7-5-3-4-6-8-16/h9-12,16,18H,2-8,13-14H2,1H3,(H,21,23). The first-order valence-corrected chi connectivity index (χ1v) is 9.39. The van der Waals surface area contributed by atoms with Gasteiger partial charge in [0.15, 0.2) is 0 Å². The van der Waals surface area contributed by atoms with E-state index in [1.807, 2.05) is 12.1 Å². The summed E-state index contributed by atoms with van der Waals surface area (Å²) in [7, 11) is 0. The molecule has 1 N–H and O–H groups in total. The number of carbonyl (C=O) groups excluding carboxylic acids is 2. The average Bonchev–Trinajstić information content (AvgIpc) is 2.81. The van der Waals surface area contributed by atoms with Crippen LogP contribution < -0.4 is 10.2 Å². The van der Waals surface area contributed by atoms with Gasteiger partial charge in [-0.15, -0.1) is 0 Å². The van der Waals surface area contributed by atoms with Crippen LogP contribution in [0, 0.1) is 5.92 Å². The Morgan fingerprint density at radius 1 is 1.08 bits per heavy atom. The van der Waals surface area contributed by atoms with Crippen molar-refractivity contribution in [2.45, 2.75) is 64.3 Å². The summed E-state index contributed by atoms with van der Waals surface area (Å²) in [5.74, 6) is -0.635. The molecule has 24 heavy (non-hydrogen) atoms. The van der Waals surface area contributed by atoms with E-state index in [2.05, 4.69) is 24.4 Å². The molecule has 1 aliphatic carbocycles. The molecular formula is C20H28N2O2. The third-order valence-electron chi connectivity index (χ3n) is 5.38. The van der Waals surface area contributed by atoms with Crippen LogP contribution in [0.2, 0.25) is 0 Å². The maximum absolute atomic E-state index is 12.7. The van der Waals surface area contributed by atoms with Gasteiger partial charge in [-0.25, -0.2) is 0 Å². The lowest BCUT2D eigenvalue weighted by atomic mass is 10.0. The summed E-state index contributed by atoms with van der Waals surface area (Å²) in [5, 5.41) is 3.14. The first-order chi connectivity index (χ1) is 11.7. The Labute approximate surface area is 144 Å². The van der Waals surface area contributed by atoms with Gasteiger partial charge < -0.3 is 10.2 Å². The SMILES string of the molecule is CCc1ccc(N2CCC(C(=O)NC3CCCCCC3)C2=O)cc1. The van der Waals surface area contributed by atoms with Gasteiger partial charge in [-0.3, -0.25) is 9.59 Å². The molecule has 1 saturated carbocycles. The second-order valence-electron chi connectivity index (χ2n) is 7.05. The molecule has 1 aliphatic heterocycles. The van der Waals surface area contributed by atoms with Crippen molar-refractivity contribution in [2.24, 2.45) is 5.92 Å². The van der Waals surface area contributed by atoms with Gasteiger partial charge in [0.25, 0.3) is 0 Å². The van der Waals surface area contributed by atoms with Crippen LogP contribution in [0.1, 0.15) is 57.4 Å². The van der Waals surface area contributed by atoms with Crippen LogP contribution in [-0.4, -0.2) is 24.4 Å². The average molecular weight is 328 g/mol. The normalized spacial score (nSPS) is 22.5. The van der Waals surface area contributed by atoms with Crippen LogP contribution in [0.5, 0.6) is 0 Å². The number of aryl methyl sites for hydroxylation is 1. The number of nitrogens with one attached hydrogen (secondary N) is 1. The molecule has 3 rings (SSSR count). The van der Waals surface area contributed by atoms with Crippen molar-refractivity contribution in [3.05, 3.63) is 29.8 Å². The Hall–Kier alpha value is -1.84. The third kappa shape index (κ3) is 3.80. The summed E-state index contributed by atoms with van der Waals surface area (Å²) in [6.07, 6.45) is 8.59. The smallest absolute Gasteiger partial charge is 0.239 e. The molecule has 1 atom stereocenters. The number of carbonyl (C=O) groups is 2. The van der Waals surface area contributed by atoms with Gasteiger partial charge in [-0.2, -0.15) is 0 Å². The molecule has 2 amide bonds. The van der Waals surface area contributed by atoms with Crippen molar-refractivity contribution in [3.63, 3.8) is 0 Å². The van der Waals surface area contributed by atoms with Crippen LogP contribution in [0.3, 0.4) is 0 Å². The Morgan fingerprint density at radius 2 is 1.75 bits per heavy atom. The number of hydrogen-bond donors (Lipinski definition) is 1. The zero-order valence-electron chi connectivity index (χ0n) is 14.6. The van der Waals surface area contributed by atoms with E-state index in [1.54, 1.807) is 4.90 Å². The quantitative estimate of drug-likeness (QED) is 0.680. The van der Waals surface area contributed by atoms with Crippen LogP contribution in [0.15, 0.2) is 24.3 Å². The highest BCUT2D eigenvalue weighted by molar-refractivity contribution is 6.09. The van der Waals surface area contributed by atoms with Crippen molar-refractivity contribution in [1.82, 2.24) is 5.32 Å². The molecule has 1 heterocycles. The summed E-state index contributed by atoms with van der Waals surface area (Å²) in [5.41, 5.74) is 2.16. The molecule has 2 fully saturated rings. The molecule has 4 nitrogen and oxygen atoms in total. The van der Waals surface area contributed by atoms with Crippen LogP contribution in [-0.2, 0) is 16.0 Å². The number of benzene rings is 1. The molecule has 1 aromatic carbocycles. The van der Waals surface area contributed by atoms with Crippen molar-refractivity contribution in [2.75, 3.05) is 11.4 Å². The predicted molar refractivity (Wildman–Crippen MR) is 95.9 cm³/mol. The van der Waals surface area contributed by atoms with E-state index in [-0.39, 0.29) is 17.9 Å². The first-order valence-electron chi connectivity index (χ1n) is 9.39. The highest BCUT2D eigenvalue weighted by atomic mass is 16.2. The molecule has 130 valence electrons. The second kappa shape index (κ2) is 7.82. The molecule has 0 spiro atoms. The topological polar surface area (TPSA) is 49.4 Å². The zero-order valence-corrected chi connectivity index (χ0v) is 14.6. The maximum atomic E-state index is 12.7. The second-order valence-corrected chi connectivity index (χ2v) is 7.05. The first kappa shape index (κ1) is 17.0. The maximum Gasteiger partial charge on any atom is 0.239 e. The van der Waals surface area contributed by atoms with Gasteiger partial charge in [0.2, 0.25) is 11.8 Å². The van der Waals surface area contributed by atoms with Gasteiger partial charge in [-0.05, 0) is 43.4 Å².